The van der Waals surface area contributed by atoms with Crippen molar-refractivity contribution in [3.63, 3.8) is 0 Å². The fraction of sp³-hybridized carbons (Fsp3) is 0.172. The Morgan fingerprint density at radius 2 is 1.72 bits per heavy atom. The fourth-order valence-electron chi connectivity index (χ4n) is 3.80. The van der Waals surface area contributed by atoms with Gasteiger partial charge in [0.05, 0.1) is 23.7 Å². The van der Waals surface area contributed by atoms with Crippen molar-refractivity contribution >= 4 is 22.8 Å². The predicted molar refractivity (Wildman–Crippen MR) is 137 cm³/mol. The van der Waals surface area contributed by atoms with Crippen LogP contribution >= 0.6 is 0 Å². The molecule has 0 aliphatic rings. The Labute approximate surface area is 209 Å². The molecule has 4 aromatic rings. The number of rotatable bonds is 7. The summed E-state index contributed by atoms with van der Waals surface area (Å²) in [6.45, 7) is 2.32. The number of ether oxygens (including phenoxy) is 1. The Balaban J connectivity index is 1.61. The van der Waals surface area contributed by atoms with E-state index in [9.17, 15) is 14.7 Å². The molecule has 180 valence electrons. The van der Waals surface area contributed by atoms with Crippen LogP contribution in [0.1, 0.15) is 43.1 Å². The van der Waals surface area contributed by atoms with E-state index in [0.717, 1.165) is 16.7 Å². The molecule has 1 amide bonds. The number of hydrogen-bond donors (Lipinski definition) is 2. The van der Waals surface area contributed by atoms with Crippen molar-refractivity contribution in [2.75, 3.05) is 13.7 Å². The molecule has 2 aromatic carbocycles. The van der Waals surface area contributed by atoms with Crippen LogP contribution in [-0.4, -0.2) is 46.7 Å². The topological polar surface area (TPSA) is 101 Å². The van der Waals surface area contributed by atoms with Crippen molar-refractivity contribution in [2.45, 2.75) is 19.4 Å². The highest BCUT2D eigenvalue weighted by molar-refractivity contribution is 6.06. The molecule has 36 heavy (non-hydrogen) atoms. The second-order valence-corrected chi connectivity index (χ2v) is 8.39. The van der Waals surface area contributed by atoms with Gasteiger partial charge in [-0.05, 0) is 55.3 Å². The summed E-state index contributed by atoms with van der Waals surface area (Å²) in [5.74, 6) is 4.45. The number of carbonyl (C=O) groups excluding carboxylic acids is 1. The lowest BCUT2D eigenvalue weighted by Crippen LogP contribution is -2.40. The number of methoxy groups -OCH3 is 1. The number of aryl methyl sites for hydroxylation is 1. The molecule has 0 saturated carbocycles. The second-order valence-electron chi connectivity index (χ2n) is 8.39. The summed E-state index contributed by atoms with van der Waals surface area (Å²) >= 11 is 0. The minimum absolute atomic E-state index is 0.0143. The van der Waals surface area contributed by atoms with Gasteiger partial charge in [-0.3, -0.25) is 9.78 Å². The highest BCUT2D eigenvalue weighted by Gasteiger charge is 2.19. The second kappa shape index (κ2) is 11.3. The van der Waals surface area contributed by atoms with Crippen molar-refractivity contribution in [1.82, 2.24) is 15.3 Å². The molecule has 0 fully saturated rings. The number of hydrogen-bond acceptors (Lipinski definition) is 5. The summed E-state index contributed by atoms with van der Waals surface area (Å²) in [5, 5.41) is 13.2. The zero-order valence-corrected chi connectivity index (χ0v) is 20.0. The fourth-order valence-corrected chi connectivity index (χ4v) is 3.80. The maximum atomic E-state index is 13.1. The third kappa shape index (κ3) is 6.12. The summed E-state index contributed by atoms with van der Waals surface area (Å²) in [5.41, 5.74) is 4.06. The Morgan fingerprint density at radius 3 is 2.42 bits per heavy atom. The number of carbonyl (C=O) groups is 2. The third-order valence-electron chi connectivity index (χ3n) is 5.61. The smallest absolute Gasteiger partial charge is 0.336 e. The van der Waals surface area contributed by atoms with Gasteiger partial charge in [-0.2, -0.15) is 0 Å². The molecule has 0 aliphatic carbocycles. The van der Waals surface area contributed by atoms with Crippen molar-refractivity contribution in [3.05, 3.63) is 107 Å². The van der Waals surface area contributed by atoms with Gasteiger partial charge in [-0.25, -0.2) is 9.78 Å². The van der Waals surface area contributed by atoms with Gasteiger partial charge in [0.25, 0.3) is 5.91 Å². The number of aromatic carboxylic acids is 1. The largest absolute Gasteiger partial charge is 0.478 e. The number of carboxylic acid groups (broad SMARTS) is 1. The van der Waals surface area contributed by atoms with Crippen molar-refractivity contribution < 1.29 is 19.4 Å². The SMILES string of the molecule is COC[C@H](Cc1ccc(C)cc1)NC(=O)c1cc(C(=O)O)c2cc(C#Cc3ccncc3)ccc2n1. The number of fused-ring (bicyclic) bond motifs is 1. The minimum atomic E-state index is -1.15. The monoisotopic (exact) mass is 479 g/mol. The highest BCUT2D eigenvalue weighted by Crippen LogP contribution is 2.21. The molecule has 4 rings (SSSR count). The summed E-state index contributed by atoms with van der Waals surface area (Å²) in [6.07, 6.45) is 3.88. The third-order valence-corrected chi connectivity index (χ3v) is 5.61. The Bertz CT molecular complexity index is 1460. The molecule has 2 heterocycles. The summed E-state index contributed by atoms with van der Waals surface area (Å²) in [7, 11) is 1.57. The van der Waals surface area contributed by atoms with Gasteiger partial charge in [-0.1, -0.05) is 41.7 Å². The van der Waals surface area contributed by atoms with Gasteiger partial charge in [0, 0.05) is 36.0 Å². The first-order valence-corrected chi connectivity index (χ1v) is 11.4. The van der Waals surface area contributed by atoms with Gasteiger partial charge < -0.3 is 15.2 Å². The molecular weight excluding hydrogens is 454 g/mol. The van der Waals surface area contributed by atoms with Crippen molar-refractivity contribution in [3.8, 4) is 11.8 Å². The van der Waals surface area contributed by atoms with Crippen LogP contribution in [-0.2, 0) is 11.2 Å². The maximum absolute atomic E-state index is 13.1. The van der Waals surface area contributed by atoms with Gasteiger partial charge in [0.15, 0.2) is 0 Å². The van der Waals surface area contributed by atoms with Crippen molar-refractivity contribution in [1.29, 1.82) is 0 Å². The molecule has 1 atom stereocenters. The first-order valence-electron chi connectivity index (χ1n) is 11.4. The molecule has 2 N–H and O–H groups in total. The van der Waals surface area contributed by atoms with Crippen LogP contribution in [0.2, 0.25) is 0 Å². The quantitative estimate of drug-likeness (QED) is 0.388. The Hall–Kier alpha value is -4.54. The first kappa shape index (κ1) is 24.6. The van der Waals surface area contributed by atoms with Crippen LogP contribution in [0.4, 0.5) is 0 Å². The molecule has 0 radical (unpaired) electrons. The highest BCUT2D eigenvalue weighted by atomic mass is 16.5. The van der Waals surface area contributed by atoms with Crippen LogP contribution in [0.5, 0.6) is 0 Å². The number of aromatic nitrogens is 2. The molecular formula is C29H25N3O4. The lowest BCUT2D eigenvalue weighted by molar-refractivity contribution is 0.0699. The van der Waals surface area contributed by atoms with E-state index < -0.39 is 11.9 Å². The average Bonchev–Trinajstić information content (AvgIpc) is 2.88. The van der Waals surface area contributed by atoms with Crippen LogP contribution < -0.4 is 5.32 Å². The molecule has 0 saturated heterocycles. The zero-order chi connectivity index (χ0) is 25.5. The van der Waals surface area contributed by atoms with Crippen LogP contribution in [0.25, 0.3) is 10.9 Å². The maximum Gasteiger partial charge on any atom is 0.336 e. The van der Waals surface area contributed by atoms with E-state index in [1.165, 1.54) is 6.07 Å². The molecule has 0 bridgehead atoms. The molecule has 7 nitrogen and oxygen atoms in total. The number of benzene rings is 2. The van der Waals surface area contributed by atoms with E-state index in [1.54, 1.807) is 49.8 Å². The van der Waals surface area contributed by atoms with Crippen molar-refractivity contribution in [2.24, 2.45) is 0 Å². The average molecular weight is 480 g/mol. The van der Waals surface area contributed by atoms with E-state index in [-0.39, 0.29) is 17.3 Å². The summed E-state index contributed by atoms with van der Waals surface area (Å²) < 4.78 is 5.29. The Morgan fingerprint density at radius 1 is 1.00 bits per heavy atom. The number of nitrogens with zero attached hydrogens (tertiary/aromatic N) is 2. The van der Waals surface area contributed by atoms with Crippen LogP contribution in [0.15, 0.2) is 73.1 Å². The number of amides is 1. The van der Waals surface area contributed by atoms with Crippen LogP contribution in [0.3, 0.4) is 0 Å². The molecule has 2 aromatic heterocycles. The number of nitrogens with one attached hydrogen (secondary N) is 1. The van der Waals surface area contributed by atoms with Gasteiger partial charge in [-0.15, -0.1) is 0 Å². The molecule has 7 heteroatoms. The summed E-state index contributed by atoms with van der Waals surface area (Å²) in [6, 6.07) is 17.7. The molecule has 0 spiro atoms. The van der Waals surface area contributed by atoms with E-state index in [4.69, 9.17) is 4.74 Å². The summed E-state index contributed by atoms with van der Waals surface area (Å²) in [4.78, 5) is 33.5. The van der Waals surface area contributed by atoms with E-state index in [0.29, 0.717) is 29.5 Å². The first-order chi connectivity index (χ1) is 17.4. The van der Waals surface area contributed by atoms with E-state index in [1.807, 2.05) is 31.2 Å². The van der Waals surface area contributed by atoms with Gasteiger partial charge >= 0.3 is 5.97 Å². The van der Waals surface area contributed by atoms with E-state index >= 15 is 0 Å². The lowest BCUT2D eigenvalue weighted by atomic mass is 10.0. The standard InChI is InChI=1S/C29H25N3O4/c1-19-3-5-21(6-4-19)15-23(18-36-2)31-28(33)27-17-25(29(34)35)24-16-22(9-10-26(24)32-27)8-7-20-11-13-30-14-12-20/h3-6,9-14,16-17,23H,15,18H2,1-2H3,(H,31,33)(H,34,35)/t23-/m0/s1. The van der Waals surface area contributed by atoms with E-state index in [2.05, 4.69) is 27.1 Å². The molecule has 0 unspecified atom stereocenters. The normalized spacial score (nSPS) is 11.4. The zero-order valence-electron chi connectivity index (χ0n) is 20.0. The lowest BCUT2D eigenvalue weighted by Gasteiger charge is -2.18. The predicted octanol–water partition coefficient (Wildman–Crippen LogP) is 4.02. The van der Waals surface area contributed by atoms with Crippen LogP contribution in [0, 0.1) is 18.8 Å². The molecule has 0 aliphatic heterocycles. The van der Waals surface area contributed by atoms with Gasteiger partial charge in [0.1, 0.15) is 5.69 Å². The van der Waals surface area contributed by atoms with Gasteiger partial charge in [0.2, 0.25) is 0 Å². The minimum Gasteiger partial charge on any atom is -0.478 e. The number of carboxylic acids is 1. The Kier molecular flexibility index (Phi) is 7.69. The number of pyridine rings is 2.